The molecule has 0 aliphatic heterocycles. The van der Waals surface area contributed by atoms with Crippen molar-refractivity contribution in [3.63, 3.8) is 0 Å². The summed E-state index contributed by atoms with van der Waals surface area (Å²) in [5, 5.41) is 24.2. The van der Waals surface area contributed by atoms with Gasteiger partial charge >= 0.3 is 0 Å². The van der Waals surface area contributed by atoms with E-state index in [2.05, 4.69) is 222 Å². The van der Waals surface area contributed by atoms with E-state index in [1.165, 1.54) is 186 Å². The minimum absolute atomic E-state index is 1.29. The summed E-state index contributed by atoms with van der Waals surface area (Å²) in [5.41, 5.74) is 21.0. The summed E-state index contributed by atoms with van der Waals surface area (Å²) in [7, 11) is 0. The number of hydrogen-bond acceptors (Lipinski definition) is 0. The van der Waals surface area contributed by atoms with E-state index in [1.807, 2.05) is 0 Å². The average Bonchev–Trinajstić information content (AvgIpc) is 4.05. The van der Waals surface area contributed by atoms with Crippen molar-refractivity contribution in [1.82, 2.24) is 0 Å². The van der Waals surface area contributed by atoms with Gasteiger partial charge in [0.15, 0.2) is 0 Å². The van der Waals surface area contributed by atoms with Crippen LogP contribution >= 0.6 is 0 Å². The number of rotatable bonds is 4. The number of aryl methyl sites for hydroxylation is 4. The van der Waals surface area contributed by atoms with Crippen molar-refractivity contribution in [2.75, 3.05) is 0 Å². The van der Waals surface area contributed by atoms with Crippen molar-refractivity contribution in [3.8, 4) is 66.8 Å². The number of benzene rings is 13. The Morgan fingerprint density at radius 2 is 0.486 bits per heavy atom. The highest BCUT2D eigenvalue weighted by Crippen LogP contribution is 2.60. The molecule has 70 heavy (non-hydrogen) atoms. The van der Waals surface area contributed by atoms with E-state index < -0.39 is 0 Å². The fraction of sp³-hybridized carbons (Fsp3) is 0.0571. The van der Waals surface area contributed by atoms with Gasteiger partial charge in [0.05, 0.1) is 0 Å². The predicted octanol–water partition coefficient (Wildman–Crippen LogP) is 19.9. The maximum Gasteiger partial charge on any atom is -0.000707 e. The molecule has 0 heteroatoms. The Kier molecular flexibility index (Phi) is 7.44. The minimum atomic E-state index is 1.29. The lowest BCUT2D eigenvalue weighted by molar-refractivity contribution is 1.44. The van der Waals surface area contributed by atoms with Gasteiger partial charge in [0.25, 0.3) is 0 Å². The highest BCUT2D eigenvalue weighted by Gasteiger charge is 2.33. The second-order valence-corrected chi connectivity index (χ2v) is 20.3. The average molecular weight is 885 g/mol. The molecule has 0 amide bonds. The molecule has 15 aromatic rings. The molecule has 0 heterocycles. The van der Waals surface area contributed by atoms with Crippen LogP contribution < -0.4 is 0 Å². The van der Waals surface area contributed by atoms with Crippen molar-refractivity contribution in [2.45, 2.75) is 27.7 Å². The maximum atomic E-state index is 2.49. The van der Waals surface area contributed by atoms with Crippen molar-refractivity contribution in [3.05, 3.63) is 216 Å². The Hall–Kier alpha value is -8.58. The zero-order valence-electron chi connectivity index (χ0n) is 39.5. The molecule has 0 saturated heterocycles. The zero-order chi connectivity index (χ0) is 46.3. The topological polar surface area (TPSA) is 0 Å². The third-order valence-corrected chi connectivity index (χ3v) is 16.8. The first kappa shape index (κ1) is 38.4. The van der Waals surface area contributed by atoms with Crippen LogP contribution in [-0.2, 0) is 0 Å². The SMILES string of the molecule is Cc1ccccc1-c1ccc(-c2ccccc2C)c2c1-c1ccc3c4ccc5c6c(-c7ccccc7C)c7c8cccc9cccc(c7c(-c7ccccc7C)c6c6ccc(c7ccc-2c1c37)c4c56)c98. The summed E-state index contributed by atoms with van der Waals surface area (Å²) in [6, 6.07) is 74.3. The monoisotopic (exact) mass is 884 g/mol. The highest BCUT2D eigenvalue weighted by atomic mass is 14.4. The standard InChI is InChI=1S/C70H44/c1-37-15-5-9-21-42(37)46-27-28-47(43-22-10-6-16-38(43)2)62-55-34-30-49-51-32-36-57-64-56(35-31-50(60(51)64)48-29-33-54(61(46)62)63(55)59(48)49)69-65(44-23-11-7-17-39(44)3)67-52-25-13-19-41-20-14-26-53(58(41)52)68(67)66(70(57)69)45-24-12-8-18-40(45)4/h5-36H,1-4H3. The van der Waals surface area contributed by atoms with Crippen LogP contribution in [-0.4, -0.2) is 0 Å². The first-order valence-corrected chi connectivity index (χ1v) is 24.9. The van der Waals surface area contributed by atoms with Crippen molar-refractivity contribution in [2.24, 2.45) is 0 Å². The van der Waals surface area contributed by atoms with Crippen LogP contribution in [0.15, 0.2) is 194 Å². The highest BCUT2D eigenvalue weighted by molar-refractivity contribution is 6.50. The summed E-state index contributed by atoms with van der Waals surface area (Å²) >= 11 is 0. The van der Waals surface area contributed by atoms with Crippen molar-refractivity contribution in [1.29, 1.82) is 0 Å². The fourth-order valence-electron chi connectivity index (χ4n) is 13.9. The lowest BCUT2D eigenvalue weighted by atomic mass is 9.85. The minimum Gasteiger partial charge on any atom is -0.0620 e. The van der Waals surface area contributed by atoms with Crippen LogP contribution in [0.4, 0.5) is 0 Å². The fourth-order valence-corrected chi connectivity index (χ4v) is 13.9. The van der Waals surface area contributed by atoms with Gasteiger partial charge < -0.3 is 0 Å². The van der Waals surface area contributed by atoms with Gasteiger partial charge in [-0.25, -0.2) is 0 Å². The van der Waals surface area contributed by atoms with E-state index in [1.54, 1.807) is 0 Å². The summed E-state index contributed by atoms with van der Waals surface area (Å²) in [5.74, 6) is 0. The maximum absolute atomic E-state index is 2.49. The molecule has 0 spiro atoms. The Bertz CT molecular complexity index is 4500. The third-order valence-electron chi connectivity index (χ3n) is 16.8. The first-order valence-electron chi connectivity index (χ1n) is 24.9. The smallest absolute Gasteiger partial charge is 0.000707 e. The Morgan fingerprint density at radius 1 is 0.171 bits per heavy atom. The summed E-state index contributed by atoms with van der Waals surface area (Å²) in [6.07, 6.45) is 0. The molecule has 0 bridgehead atoms. The first-order chi connectivity index (χ1) is 34.5. The lowest BCUT2D eigenvalue weighted by Gasteiger charge is -2.18. The summed E-state index contributed by atoms with van der Waals surface area (Å²) < 4.78 is 0. The van der Waals surface area contributed by atoms with Crippen molar-refractivity contribution >= 4 is 97.0 Å². The molecule has 0 unspecified atom stereocenters. The molecule has 1 aliphatic carbocycles. The molecule has 0 fully saturated rings. The molecule has 0 aromatic heterocycles. The van der Waals surface area contributed by atoms with Gasteiger partial charge in [-0.05, 0) is 214 Å². The normalized spacial score (nSPS) is 12.6. The van der Waals surface area contributed by atoms with E-state index in [9.17, 15) is 0 Å². The second kappa shape index (κ2) is 13.6. The van der Waals surface area contributed by atoms with Crippen LogP contribution in [0.25, 0.3) is 164 Å². The molecule has 0 radical (unpaired) electrons. The van der Waals surface area contributed by atoms with Gasteiger partial charge in [0.1, 0.15) is 0 Å². The van der Waals surface area contributed by atoms with E-state index in [0.29, 0.717) is 0 Å². The quantitative estimate of drug-likeness (QED) is 0.122. The largest absolute Gasteiger partial charge is 0.0620 e. The Labute approximate surface area is 405 Å². The third kappa shape index (κ3) is 4.67. The lowest BCUT2D eigenvalue weighted by Crippen LogP contribution is -1.92. The summed E-state index contributed by atoms with van der Waals surface area (Å²) in [6.45, 7) is 9.09. The van der Waals surface area contributed by atoms with E-state index >= 15 is 0 Å². The second-order valence-electron chi connectivity index (χ2n) is 20.3. The van der Waals surface area contributed by atoms with E-state index in [-0.39, 0.29) is 0 Å². The van der Waals surface area contributed by atoms with Gasteiger partial charge in [-0.2, -0.15) is 0 Å². The zero-order valence-corrected chi connectivity index (χ0v) is 39.5. The Morgan fingerprint density at radius 3 is 0.900 bits per heavy atom. The van der Waals surface area contributed by atoms with Crippen LogP contribution in [0.5, 0.6) is 0 Å². The molecule has 16 rings (SSSR count). The molecule has 324 valence electrons. The Balaban J connectivity index is 1.09. The molecule has 0 saturated carbocycles. The van der Waals surface area contributed by atoms with E-state index in [0.717, 1.165) is 0 Å². The van der Waals surface area contributed by atoms with Crippen LogP contribution in [0.2, 0.25) is 0 Å². The van der Waals surface area contributed by atoms with Crippen molar-refractivity contribution < 1.29 is 0 Å². The molecule has 15 aromatic carbocycles. The molecule has 1 aliphatic rings. The molecule has 0 N–H and O–H groups in total. The predicted molar refractivity (Wildman–Crippen MR) is 303 cm³/mol. The molecular weight excluding hydrogens is 841 g/mol. The van der Waals surface area contributed by atoms with Gasteiger partial charge in [0.2, 0.25) is 0 Å². The number of hydrogen-bond donors (Lipinski definition) is 0. The van der Waals surface area contributed by atoms with Gasteiger partial charge in [-0.1, -0.05) is 194 Å². The summed E-state index contributed by atoms with van der Waals surface area (Å²) in [4.78, 5) is 0. The molecule has 0 atom stereocenters. The van der Waals surface area contributed by atoms with Gasteiger partial charge in [-0.15, -0.1) is 0 Å². The molecular formula is C70H44. The van der Waals surface area contributed by atoms with Crippen LogP contribution in [0.1, 0.15) is 22.3 Å². The van der Waals surface area contributed by atoms with E-state index in [4.69, 9.17) is 0 Å². The van der Waals surface area contributed by atoms with Gasteiger partial charge in [0, 0.05) is 0 Å². The number of fused-ring (bicyclic) bond motifs is 11. The van der Waals surface area contributed by atoms with Crippen LogP contribution in [0.3, 0.4) is 0 Å². The van der Waals surface area contributed by atoms with Crippen LogP contribution in [0, 0.1) is 27.7 Å². The van der Waals surface area contributed by atoms with Gasteiger partial charge in [-0.3, -0.25) is 0 Å². The molecule has 0 nitrogen and oxygen atoms in total.